The lowest BCUT2D eigenvalue weighted by Crippen LogP contribution is -2.57. The van der Waals surface area contributed by atoms with Gasteiger partial charge in [0.15, 0.2) is 0 Å². The molecule has 4 rings (SSSR count). The minimum atomic E-state index is -4.06. The first-order chi connectivity index (χ1) is 23.8. The number of sulfonamides is 1. The molecule has 0 aliphatic carbocycles. The van der Waals surface area contributed by atoms with Crippen molar-refractivity contribution in [1.82, 2.24) is 24.4 Å². The van der Waals surface area contributed by atoms with Gasteiger partial charge in [0.1, 0.15) is 12.6 Å². The first-order valence-corrected chi connectivity index (χ1v) is 18.7. The number of nitroso groups, excluding NO2 is 1. The van der Waals surface area contributed by atoms with Crippen LogP contribution in [0.2, 0.25) is 0 Å². The second-order valence-electron chi connectivity index (χ2n) is 13.6. The molecular formula is C37H50N6O6S. The van der Waals surface area contributed by atoms with Crippen LogP contribution in [0.25, 0.3) is 0 Å². The Labute approximate surface area is 295 Å². The van der Waals surface area contributed by atoms with Crippen LogP contribution in [0, 0.1) is 23.7 Å². The van der Waals surface area contributed by atoms with Gasteiger partial charge < -0.3 is 20.2 Å². The Morgan fingerprint density at radius 2 is 1.66 bits per heavy atom. The van der Waals surface area contributed by atoms with E-state index in [4.69, 9.17) is 0 Å². The van der Waals surface area contributed by atoms with Gasteiger partial charge in [0.2, 0.25) is 15.9 Å². The molecule has 1 aliphatic heterocycles. The molecule has 1 aliphatic rings. The zero-order valence-corrected chi connectivity index (χ0v) is 30.4. The highest BCUT2D eigenvalue weighted by atomic mass is 32.2. The van der Waals surface area contributed by atoms with Crippen LogP contribution in [0.4, 0.5) is 4.79 Å². The van der Waals surface area contributed by atoms with Gasteiger partial charge >= 0.3 is 6.03 Å². The minimum absolute atomic E-state index is 0.0268. The van der Waals surface area contributed by atoms with Gasteiger partial charge in [0, 0.05) is 44.6 Å². The number of urea groups is 1. The molecule has 270 valence electrons. The molecule has 0 saturated carbocycles. The van der Waals surface area contributed by atoms with E-state index in [0.717, 1.165) is 16.8 Å². The number of carbonyl (C=O) groups excluding carboxylic acids is 2. The number of aliphatic hydroxyl groups is 1. The molecule has 12 nitrogen and oxygen atoms in total. The Morgan fingerprint density at radius 3 is 2.26 bits per heavy atom. The summed E-state index contributed by atoms with van der Waals surface area (Å²) in [5, 5.41) is 17.7. The van der Waals surface area contributed by atoms with Gasteiger partial charge in [-0.25, -0.2) is 13.2 Å². The normalized spacial score (nSPS) is 16.0. The second-order valence-corrected chi connectivity index (χ2v) is 15.5. The first kappa shape index (κ1) is 38.6. The molecule has 13 heteroatoms. The van der Waals surface area contributed by atoms with Gasteiger partial charge in [-0.05, 0) is 60.1 Å². The highest BCUT2D eigenvalue weighted by Crippen LogP contribution is 2.24. The van der Waals surface area contributed by atoms with Gasteiger partial charge in [-0.3, -0.25) is 9.78 Å². The van der Waals surface area contributed by atoms with Crippen molar-refractivity contribution < 1.29 is 23.1 Å². The van der Waals surface area contributed by atoms with Crippen LogP contribution in [0.3, 0.4) is 0 Å². The van der Waals surface area contributed by atoms with E-state index in [-0.39, 0.29) is 48.8 Å². The molecule has 3 amide bonds. The number of nitrogens with one attached hydrogen (secondary N) is 1. The molecule has 4 atom stereocenters. The fraction of sp³-hybridized carbons (Fsp3) is 0.486. The van der Waals surface area contributed by atoms with Crippen LogP contribution in [-0.4, -0.2) is 88.9 Å². The number of pyridine rings is 1. The molecule has 2 N–H and O–H groups in total. The number of benzene rings is 2. The summed E-state index contributed by atoms with van der Waals surface area (Å²) in [6, 6.07) is 17.3. The predicted octanol–water partition coefficient (Wildman–Crippen LogP) is 4.74. The topological polar surface area (TPSA) is 153 Å². The van der Waals surface area contributed by atoms with Gasteiger partial charge in [-0.2, -0.15) is 9.21 Å². The summed E-state index contributed by atoms with van der Waals surface area (Å²) in [6.45, 7) is 10.6. The number of nitrogens with zero attached hydrogens (tertiary/aromatic N) is 5. The van der Waals surface area contributed by atoms with E-state index >= 15 is 0 Å². The number of hydrogen-bond acceptors (Lipinski definition) is 8. The quantitative estimate of drug-likeness (QED) is 0.181. The van der Waals surface area contributed by atoms with Crippen molar-refractivity contribution in [3.63, 3.8) is 0 Å². The van der Waals surface area contributed by atoms with Crippen molar-refractivity contribution in [2.45, 2.75) is 83.6 Å². The van der Waals surface area contributed by atoms with E-state index in [2.05, 4.69) is 15.5 Å². The van der Waals surface area contributed by atoms with Crippen molar-refractivity contribution in [1.29, 1.82) is 0 Å². The summed E-state index contributed by atoms with van der Waals surface area (Å²) in [4.78, 5) is 46.3. The van der Waals surface area contributed by atoms with Crippen molar-refractivity contribution in [3.8, 4) is 0 Å². The van der Waals surface area contributed by atoms with E-state index in [1.165, 1.54) is 16.4 Å². The zero-order valence-electron chi connectivity index (χ0n) is 29.6. The maximum Gasteiger partial charge on any atom is 0.321 e. The van der Waals surface area contributed by atoms with Gasteiger partial charge in [0.05, 0.1) is 17.0 Å². The third kappa shape index (κ3) is 9.95. The molecule has 1 saturated heterocycles. The van der Waals surface area contributed by atoms with Gasteiger partial charge in [0.25, 0.3) is 0 Å². The van der Waals surface area contributed by atoms with Crippen LogP contribution in [-0.2, 0) is 34.3 Å². The molecular weight excluding hydrogens is 657 g/mol. The Bertz CT molecular complexity index is 1670. The Balaban J connectivity index is 1.58. The molecule has 1 fully saturated rings. The van der Waals surface area contributed by atoms with Crippen molar-refractivity contribution in [2.24, 2.45) is 17.0 Å². The average molecular weight is 707 g/mol. The van der Waals surface area contributed by atoms with Crippen molar-refractivity contribution >= 4 is 22.0 Å². The lowest BCUT2D eigenvalue weighted by Gasteiger charge is -2.35. The molecule has 0 unspecified atom stereocenters. The Morgan fingerprint density at radius 1 is 0.980 bits per heavy atom. The number of hydrogen-bond donors (Lipinski definition) is 2. The van der Waals surface area contributed by atoms with Gasteiger partial charge in [-0.1, -0.05) is 87.8 Å². The summed E-state index contributed by atoms with van der Waals surface area (Å²) >= 11 is 0. The number of carbonyl (C=O) groups is 2. The second kappa shape index (κ2) is 17.6. The SMILES string of the molecule is CC[C@H](C)[C@@H](C(=O)N[C@@H](Cc1ccccc1)[C@H](O)CN(CC(C)C)S(=O)(=O)c1ccc(CN=O)cc1)N1CCN(Cc2ccc(C)nc2)C1=O. The maximum atomic E-state index is 14.2. The number of rotatable bonds is 18. The van der Waals surface area contributed by atoms with E-state index in [9.17, 15) is 28.0 Å². The van der Waals surface area contributed by atoms with E-state index in [0.29, 0.717) is 31.6 Å². The van der Waals surface area contributed by atoms with Crippen LogP contribution in [0.1, 0.15) is 56.5 Å². The monoisotopic (exact) mass is 706 g/mol. The molecule has 2 heterocycles. The van der Waals surface area contributed by atoms with E-state index in [1.807, 2.05) is 77.1 Å². The highest BCUT2D eigenvalue weighted by Gasteiger charge is 2.41. The standard InChI is InChI=1S/C37H50N6O6S/c1-6-27(4)35(43-19-18-41(37(43)46)24-31-13-12-28(5)38-21-31)36(45)40-33(20-29-10-8-7-9-11-29)34(44)25-42(23-26(2)3)50(48,49)32-16-14-30(15-17-32)22-39-47/h7-17,21,26-27,33-35,44H,6,18-20,22-25H2,1-5H3,(H,40,45)/t27-,33-,34+,35-/m0/s1. The predicted molar refractivity (Wildman–Crippen MR) is 192 cm³/mol. The minimum Gasteiger partial charge on any atom is -0.390 e. The fourth-order valence-corrected chi connectivity index (χ4v) is 7.79. The lowest BCUT2D eigenvalue weighted by molar-refractivity contribution is -0.128. The van der Waals surface area contributed by atoms with E-state index in [1.54, 1.807) is 28.1 Å². The Hall–Kier alpha value is -4.20. The van der Waals surface area contributed by atoms with Gasteiger partial charge in [-0.15, -0.1) is 0 Å². The number of aryl methyl sites for hydroxylation is 1. The molecule has 3 aromatic rings. The van der Waals surface area contributed by atoms with Crippen molar-refractivity contribution in [2.75, 3.05) is 26.2 Å². The lowest BCUT2D eigenvalue weighted by atomic mass is 9.95. The van der Waals surface area contributed by atoms with Crippen LogP contribution in [0.15, 0.2) is 83.0 Å². The number of aliphatic hydroxyl groups excluding tert-OH is 1. The molecule has 2 aromatic carbocycles. The third-order valence-electron chi connectivity index (χ3n) is 9.12. The maximum absolute atomic E-state index is 14.2. The van der Waals surface area contributed by atoms with Crippen LogP contribution >= 0.6 is 0 Å². The summed E-state index contributed by atoms with van der Waals surface area (Å²) in [6.07, 6.45) is 1.34. The summed E-state index contributed by atoms with van der Waals surface area (Å²) in [7, 11) is -4.06. The van der Waals surface area contributed by atoms with Crippen LogP contribution < -0.4 is 5.32 Å². The number of amides is 3. The summed E-state index contributed by atoms with van der Waals surface area (Å²) < 4.78 is 29.0. The Kier molecular flexibility index (Phi) is 13.6. The van der Waals surface area contributed by atoms with Crippen LogP contribution in [0.5, 0.6) is 0 Å². The fourth-order valence-electron chi connectivity index (χ4n) is 6.17. The summed E-state index contributed by atoms with van der Waals surface area (Å²) in [5.74, 6) is -0.652. The summed E-state index contributed by atoms with van der Waals surface area (Å²) in [5.41, 5.74) is 3.22. The smallest absolute Gasteiger partial charge is 0.321 e. The number of aromatic nitrogens is 1. The van der Waals surface area contributed by atoms with Crippen molar-refractivity contribution in [3.05, 3.63) is 100 Å². The molecule has 50 heavy (non-hydrogen) atoms. The molecule has 0 spiro atoms. The molecule has 0 bridgehead atoms. The highest BCUT2D eigenvalue weighted by molar-refractivity contribution is 7.89. The molecule has 0 radical (unpaired) electrons. The first-order valence-electron chi connectivity index (χ1n) is 17.2. The van der Waals surface area contributed by atoms with E-state index < -0.39 is 34.1 Å². The molecule has 1 aromatic heterocycles. The largest absolute Gasteiger partial charge is 0.390 e. The zero-order chi connectivity index (χ0) is 36.4. The third-order valence-corrected chi connectivity index (χ3v) is 11.0. The average Bonchev–Trinajstić information content (AvgIpc) is 3.44.